The lowest BCUT2D eigenvalue weighted by atomic mass is 10.3. The zero-order chi connectivity index (χ0) is 13.0. The van der Waals surface area contributed by atoms with Gasteiger partial charge in [0.15, 0.2) is 0 Å². The molecule has 2 rings (SSSR count). The maximum absolute atomic E-state index is 5.57. The Kier molecular flexibility index (Phi) is 3.62. The fourth-order valence-corrected chi connectivity index (χ4v) is 1.48. The van der Waals surface area contributed by atoms with Crippen LogP contribution in [-0.2, 0) is 0 Å². The summed E-state index contributed by atoms with van der Waals surface area (Å²) in [6.07, 6.45) is 1.78. The van der Waals surface area contributed by atoms with E-state index in [1.807, 2.05) is 38.1 Å². The number of ether oxygens (including phenoxy) is 1. The molecular weight excluding hydrogens is 228 g/mol. The third-order valence-corrected chi connectivity index (χ3v) is 2.17. The van der Waals surface area contributed by atoms with Gasteiger partial charge in [-0.05, 0) is 44.2 Å². The summed E-state index contributed by atoms with van der Waals surface area (Å²) in [6, 6.07) is 9.43. The van der Waals surface area contributed by atoms with Crippen molar-refractivity contribution in [1.29, 1.82) is 0 Å². The maximum atomic E-state index is 5.57. The number of benzene rings is 1. The summed E-state index contributed by atoms with van der Waals surface area (Å²) < 4.78 is 5.57. The summed E-state index contributed by atoms with van der Waals surface area (Å²) in [6.45, 7) is 3.99. The number of nitrogens with zero attached hydrogens (tertiary/aromatic N) is 2. The number of rotatable bonds is 4. The molecule has 0 fully saturated rings. The third-order valence-electron chi connectivity index (χ3n) is 2.17. The zero-order valence-corrected chi connectivity index (χ0v) is 10.4. The van der Waals surface area contributed by atoms with Crippen LogP contribution in [0.2, 0.25) is 0 Å². The van der Waals surface area contributed by atoms with Gasteiger partial charge in [-0.2, -0.15) is 4.98 Å². The third kappa shape index (κ3) is 3.35. The second kappa shape index (κ2) is 5.35. The van der Waals surface area contributed by atoms with E-state index in [-0.39, 0.29) is 12.1 Å². The van der Waals surface area contributed by atoms with E-state index in [1.165, 1.54) is 0 Å². The molecule has 1 aromatic carbocycles. The molecule has 0 radical (unpaired) electrons. The van der Waals surface area contributed by atoms with Crippen molar-refractivity contribution in [1.82, 2.24) is 9.97 Å². The van der Waals surface area contributed by atoms with E-state index in [1.54, 1.807) is 12.3 Å². The summed E-state index contributed by atoms with van der Waals surface area (Å²) in [4.78, 5) is 7.90. The van der Waals surface area contributed by atoms with Crippen molar-refractivity contribution in [3.05, 3.63) is 36.5 Å². The van der Waals surface area contributed by atoms with Gasteiger partial charge in [-0.15, -0.1) is 0 Å². The number of hydrogen-bond donors (Lipinski definition) is 2. The summed E-state index contributed by atoms with van der Waals surface area (Å²) in [5.41, 5.74) is 6.43. The second-order valence-electron chi connectivity index (χ2n) is 4.12. The van der Waals surface area contributed by atoms with Crippen LogP contribution in [0.3, 0.4) is 0 Å². The van der Waals surface area contributed by atoms with Crippen LogP contribution >= 0.6 is 0 Å². The lowest BCUT2D eigenvalue weighted by Gasteiger charge is -2.10. The van der Waals surface area contributed by atoms with Gasteiger partial charge in [0.25, 0.3) is 0 Å². The Bertz CT molecular complexity index is 511. The van der Waals surface area contributed by atoms with Crippen molar-refractivity contribution in [2.45, 2.75) is 20.0 Å². The minimum absolute atomic E-state index is 0.172. The van der Waals surface area contributed by atoms with Gasteiger partial charge in [-0.25, -0.2) is 4.98 Å². The van der Waals surface area contributed by atoms with Gasteiger partial charge in [0.1, 0.15) is 11.6 Å². The molecule has 0 spiro atoms. The van der Waals surface area contributed by atoms with Crippen molar-refractivity contribution < 1.29 is 4.74 Å². The van der Waals surface area contributed by atoms with Gasteiger partial charge in [-0.1, -0.05) is 0 Å². The lowest BCUT2D eigenvalue weighted by Crippen LogP contribution is -2.05. The lowest BCUT2D eigenvalue weighted by molar-refractivity contribution is 0.242. The number of nitrogen functional groups attached to an aromatic ring is 1. The van der Waals surface area contributed by atoms with Crippen molar-refractivity contribution in [3.63, 3.8) is 0 Å². The molecule has 3 N–H and O–H groups in total. The first-order valence-corrected chi connectivity index (χ1v) is 5.76. The Labute approximate surface area is 106 Å². The molecule has 0 aliphatic rings. The Balaban J connectivity index is 2.06. The minimum atomic E-state index is 0.172. The SMILES string of the molecule is CC(C)Oc1ccc(Nc2ccnc(N)n2)cc1. The normalized spacial score (nSPS) is 10.4. The van der Waals surface area contributed by atoms with Gasteiger partial charge < -0.3 is 15.8 Å². The Morgan fingerprint density at radius 1 is 1.17 bits per heavy atom. The molecule has 94 valence electrons. The van der Waals surface area contributed by atoms with Crippen molar-refractivity contribution in [2.75, 3.05) is 11.1 Å². The maximum Gasteiger partial charge on any atom is 0.221 e. The molecule has 2 aromatic rings. The minimum Gasteiger partial charge on any atom is -0.491 e. The fourth-order valence-electron chi connectivity index (χ4n) is 1.48. The molecule has 0 bridgehead atoms. The summed E-state index contributed by atoms with van der Waals surface area (Å²) in [5, 5.41) is 3.14. The first-order valence-electron chi connectivity index (χ1n) is 5.76. The number of aromatic nitrogens is 2. The van der Waals surface area contributed by atoms with Crippen molar-refractivity contribution >= 4 is 17.5 Å². The molecule has 1 heterocycles. The summed E-state index contributed by atoms with van der Waals surface area (Å²) in [5.74, 6) is 1.76. The van der Waals surface area contributed by atoms with Crippen LogP contribution in [0.25, 0.3) is 0 Å². The van der Waals surface area contributed by atoms with Crippen LogP contribution in [0.4, 0.5) is 17.5 Å². The second-order valence-corrected chi connectivity index (χ2v) is 4.12. The molecule has 5 nitrogen and oxygen atoms in total. The van der Waals surface area contributed by atoms with Crippen LogP contribution in [-0.4, -0.2) is 16.1 Å². The Morgan fingerprint density at radius 2 is 1.89 bits per heavy atom. The number of nitrogens with one attached hydrogen (secondary N) is 1. The van der Waals surface area contributed by atoms with E-state index >= 15 is 0 Å². The highest BCUT2D eigenvalue weighted by atomic mass is 16.5. The smallest absolute Gasteiger partial charge is 0.221 e. The van der Waals surface area contributed by atoms with Crippen LogP contribution in [0, 0.1) is 0 Å². The quantitative estimate of drug-likeness (QED) is 0.864. The molecular formula is C13H16N4O. The van der Waals surface area contributed by atoms with Crippen LogP contribution in [0.1, 0.15) is 13.8 Å². The highest BCUT2D eigenvalue weighted by Crippen LogP contribution is 2.19. The molecule has 0 saturated heterocycles. The zero-order valence-electron chi connectivity index (χ0n) is 10.4. The molecule has 5 heteroatoms. The van der Waals surface area contributed by atoms with Crippen LogP contribution < -0.4 is 15.8 Å². The highest BCUT2D eigenvalue weighted by Gasteiger charge is 2.00. The summed E-state index contributed by atoms with van der Waals surface area (Å²) in [7, 11) is 0. The van der Waals surface area contributed by atoms with E-state index in [0.29, 0.717) is 5.82 Å². The molecule has 0 aliphatic carbocycles. The Hall–Kier alpha value is -2.30. The first-order chi connectivity index (χ1) is 8.63. The van der Waals surface area contributed by atoms with Gasteiger partial charge in [-0.3, -0.25) is 0 Å². The first kappa shape index (κ1) is 12.2. The van der Waals surface area contributed by atoms with E-state index < -0.39 is 0 Å². The van der Waals surface area contributed by atoms with E-state index in [4.69, 9.17) is 10.5 Å². The molecule has 0 atom stereocenters. The molecule has 1 aromatic heterocycles. The van der Waals surface area contributed by atoms with E-state index in [0.717, 1.165) is 11.4 Å². The molecule has 0 amide bonds. The van der Waals surface area contributed by atoms with Crippen molar-refractivity contribution in [2.24, 2.45) is 0 Å². The number of hydrogen-bond acceptors (Lipinski definition) is 5. The van der Waals surface area contributed by atoms with Crippen LogP contribution in [0.15, 0.2) is 36.5 Å². The molecule has 0 saturated carbocycles. The van der Waals surface area contributed by atoms with E-state index in [2.05, 4.69) is 15.3 Å². The fraction of sp³-hybridized carbons (Fsp3) is 0.231. The molecule has 0 aliphatic heterocycles. The number of nitrogens with two attached hydrogens (primary N) is 1. The molecule has 0 unspecified atom stereocenters. The van der Waals surface area contributed by atoms with Gasteiger partial charge in [0, 0.05) is 11.9 Å². The Morgan fingerprint density at radius 3 is 2.50 bits per heavy atom. The monoisotopic (exact) mass is 244 g/mol. The predicted molar refractivity (Wildman–Crippen MR) is 71.9 cm³/mol. The average Bonchev–Trinajstić information content (AvgIpc) is 2.31. The van der Waals surface area contributed by atoms with Gasteiger partial charge in [0.05, 0.1) is 6.10 Å². The largest absolute Gasteiger partial charge is 0.491 e. The summed E-state index contributed by atoms with van der Waals surface area (Å²) >= 11 is 0. The highest BCUT2D eigenvalue weighted by molar-refractivity contribution is 5.57. The van der Waals surface area contributed by atoms with Gasteiger partial charge >= 0.3 is 0 Å². The standard InChI is InChI=1S/C13H16N4O/c1-9(2)18-11-5-3-10(4-6-11)16-12-7-8-15-13(14)17-12/h3-9H,1-2H3,(H3,14,15,16,17). The average molecular weight is 244 g/mol. The van der Waals surface area contributed by atoms with E-state index in [9.17, 15) is 0 Å². The topological polar surface area (TPSA) is 73.1 Å². The van der Waals surface area contributed by atoms with Crippen LogP contribution in [0.5, 0.6) is 5.75 Å². The molecule has 18 heavy (non-hydrogen) atoms. The predicted octanol–water partition coefficient (Wildman–Crippen LogP) is 2.59. The van der Waals surface area contributed by atoms with Crippen molar-refractivity contribution in [3.8, 4) is 5.75 Å². The van der Waals surface area contributed by atoms with Gasteiger partial charge in [0.2, 0.25) is 5.95 Å². The number of anilines is 3.